The number of rotatable bonds is 5. The van der Waals surface area contributed by atoms with Gasteiger partial charge in [0, 0.05) is 56.5 Å². The Kier molecular flexibility index (Phi) is 5.64. The van der Waals surface area contributed by atoms with E-state index in [1.165, 1.54) is 5.56 Å². The van der Waals surface area contributed by atoms with Gasteiger partial charge in [0.1, 0.15) is 11.9 Å². The van der Waals surface area contributed by atoms with Gasteiger partial charge >= 0.3 is 6.03 Å². The topological polar surface area (TPSA) is 74.8 Å². The molecule has 1 N–H and O–H groups in total. The van der Waals surface area contributed by atoms with Crippen LogP contribution in [0, 0.1) is 0 Å². The summed E-state index contributed by atoms with van der Waals surface area (Å²) in [7, 11) is 0. The zero-order chi connectivity index (χ0) is 20.2. The van der Waals surface area contributed by atoms with Gasteiger partial charge in [-0.3, -0.25) is 9.78 Å². The van der Waals surface area contributed by atoms with Crippen LogP contribution < -0.4 is 10.1 Å². The number of aromatic nitrogens is 1. The highest BCUT2D eigenvalue weighted by Crippen LogP contribution is 2.27. The number of nitrogens with zero attached hydrogens (tertiary/aromatic N) is 3. The first-order valence-corrected chi connectivity index (χ1v) is 10.1. The molecule has 0 bridgehead atoms. The summed E-state index contributed by atoms with van der Waals surface area (Å²) in [5, 5.41) is 2.93. The maximum absolute atomic E-state index is 12.4. The largest absolute Gasteiger partial charge is 0.489 e. The van der Waals surface area contributed by atoms with Crippen molar-refractivity contribution >= 4 is 17.6 Å². The fraction of sp³-hybridized carbons (Fsp3) is 0.409. The van der Waals surface area contributed by atoms with Crippen LogP contribution in [0.5, 0.6) is 5.75 Å². The zero-order valence-corrected chi connectivity index (χ0v) is 16.6. The molecular weight excluding hydrogens is 368 g/mol. The van der Waals surface area contributed by atoms with Crippen molar-refractivity contribution in [3.05, 3.63) is 54.4 Å². The second-order valence-corrected chi connectivity index (χ2v) is 7.56. The number of carbonyl (C=O) groups excluding carboxylic acids is 2. The molecule has 3 amide bonds. The molecule has 2 aliphatic rings. The van der Waals surface area contributed by atoms with E-state index in [-0.39, 0.29) is 18.0 Å². The van der Waals surface area contributed by atoms with Crippen LogP contribution in [0.3, 0.4) is 0 Å². The minimum Gasteiger partial charge on any atom is -0.489 e. The van der Waals surface area contributed by atoms with Gasteiger partial charge in [0.15, 0.2) is 0 Å². The average molecular weight is 394 g/mol. The van der Waals surface area contributed by atoms with Crippen LogP contribution in [0.25, 0.3) is 0 Å². The first-order valence-electron chi connectivity index (χ1n) is 10.1. The predicted octanol–water partition coefficient (Wildman–Crippen LogP) is 3.10. The Morgan fingerprint density at radius 1 is 1.14 bits per heavy atom. The Morgan fingerprint density at radius 3 is 2.62 bits per heavy atom. The molecule has 0 aliphatic carbocycles. The number of pyridine rings is 1. The van der Waals surface area contributed by atoms with E-state index >= 15 is 0 Å². The summed E-state index contributed by atoms with van der Waals surface area (Å²) in [6.45, 7) is 4.67. The fourth-order valence-corrected chi connectivity index (χ4v) is 3.76. The molecule has 7 heteroatoms. The quantitative estimate of drug-likeness (QED) is 0.846. The SMILES string of the molecule is CCC(=O)N1CC[C@@H](Oc2ccc(NC(=O)N3CC(c4cccnc4)C3)cc2)C1. The molecule has 2 aromatic rings. The molecule has 0 spiro atoms. The molecule has 29 heavy (non-hydrogen) atoms. The van der Waals surface area contributed by atoms with Crippen LogP contribution in [-0.2, 0) is 4.79 Å². The second kappa shape index (κ2) is 8.51. The molecule has 1 atom stereocenters. The van der Waals surface area contributed by atoms with Gasteiger partial charge < -0.3 is 19.9 Å². The molecule has 0 radical (unpaired) electrons. The lowest BCUT2D eigenvalue weighted by Crippen LogP contribution is -2.50. The lowest BCUT2D eigenvalue weighted by molar-refractivity contribution is -0.130. The molecular formula is C22H26N4O3. The van der Waals surface area contributed by atoms with Crippen LogP contribution in [0.2, 0.25) is 0 Å². The lowest BCUT2D eigenvalue weighted by atomic mass is 9.93. The molecule has 2 saturated heterocycles. The van der Waals surface area contributed by atoms with Crippen molar-refractivity contribution in [3.63, 3.8) is 0 Å². The number of hydrogen-bond donors (Lipinski definition) is 1. The van der Waals surface area contributed by atoms with E-state index in [4.69, 9.17) is 4.74 Å². The van der Waals surface area contributed by atoms with Gasteiger partial charge in [-0.25, -0.2) is 4.79 Å². The molecule has 1 aromatic heterocycles. The molecule has 152 valence electrons. The summed E-state index contributed by atoms with van der Waals surface area (Å²) in [6, 6.07) is 11.3. The summed E-state index contributed by atoms with van der Waals surface area (Å²) in [5.74, 6) is 1.28. The third-order valence-electron chi connectivity index (χ3n) is 5.53. The van der Waals surface area contributed by atoms with E-state index in [0.717, 1.165) is 24.4 Å². The number of carbonyl (C=O) groups is 2. The van der Waals surface area contributed by atoms with Crippen molar-refractivity contribution in [1.29, 1.82) is 0 Å². The standard InChI is InChI=1S/C22H26N4O3/c1-2-21(27)25-11-9-20(15-25)29-19-7-5-18(6-8-19)24-22(28)26-13-17(14-26)16-4-3-10-23-12-16/h3-8,10,12,17,20H,2,9,11,13-15H2,1H3,(H,24,28)/t20-/m1/s1. The lowest BCUT2D eigenvalue weighted by Gasteiger charge is -2.39. The molecule has 7 nitrogen and oxygen atoms in total. The number of amides is 3. The van der Waals surface area contributed by atoms with Gasteiger partial charge in [-0.2, -0.15) is 0 Å². The number of ether oxygens (including phenoxy) is 1. The molecule has 0 unspecified atom stereocenters. The van der Waals surface area contributed by atoms with E-state index in [1.54, 1.807) is 11.1 Å². The number of benzene rings is 1. The first kappa shape index (κ1) is 19.2. The highest BCUT2D eigenvalue weighted by molar-refractivity contribution is 5.90. The first-order chi connectivity index (χ1) is 14.1. The minimum atomic E-state index is -0.0941. The Morgan fingerprint density at radius 2 is 1.93 bits per heavy atom. The Labute approximate surface area is 170 Å². The number of likely N-dealkylation sites (tertiary alicyclic amines) is 2. The smallest absolute Gasteiger partial charge is 0.321 e. The Bertz CT molecular complexity index is 850. The van der Waals surface area contributed by atoms with E-state index in [0.29, 0.717) is 32.0 Å². The summed E-state index contributed by atoms with van der Waals surface area (Å²) in [6.07, 6.45) is 5.02. The minimum absolute atomic E-state index is 0.0245. The number of nitrogens with one attached hydrogen (secondary N) is 1. The summed E-state index contributed by atoms with van der Waals surface area (Å²) < 4.78 is 5.98. The average Bonchev–Trinajstić information content (AvgIpc) is 3.17. The summed E-state index contributed by atoms with van der Waals surface area (Å²) in [4.78, 5) is 31.9. The van der Waals surface area contributed by atoms with Gasteiger partial charge in [0.25, 0.3) is 0 Å². The van der Waals surface area contributed by atoms with Crippen molar-refractivity contribution in [3.8, 4) is 5.75 Å². The monoisotopic (exact) mass is 394 g/mol. The Hall–Kier alpha value is -3.09. The molecule has 4 rings (SSSR count). The number of anilines is 1. The number of urea groups is 1. The van der Waals surface area contributed by atoms with Crippen molar-refractivity contribution in [2.75, 3.05) is 31.5 Å². The summed E-state index contributed by atoms with van der Waals surface area (Å²) in [5.41, 5.74) is 1.91. The van der Waals surface area contributed by atoms with E-state index in [1.807, 2.05) is 54.4 Å². The van der Waals surface area contributed by atoms with Crippen LogP contribution in [-0.4, -0.2) is 59.0 Å². The van der Waals surface area contributed by atoms with Gasteiger partial charge in [0.2, 0.25) is 5.91 Å². The van der Waals surface area contributed by atoms with E-state index < -0.39 is 0 Å². The second-order valence-electron chi connectivity index (χ2n) is 7.56. The van der Waals surface area contributed by atoms with Crippen LogP contribution in [0.4, 0.5) is 10.5 Å². The van der Waals surface area contributed by atoms with E-state index in [2.05, 4.69) is 10.3 Å². The van der Waals surface area contributed by atoms with Crippen molar-refractivity contribution in [2.24, 2.45) is 0 Å². The van der Waals surface area contributed by atoms with E-state index in [9.17, 15) is 9.59 Å². The third-order valence-corrected chi connectivity index (χ3v) is 5.53. The maximum Gasteiger partial charge on any atom is 0.321 e. The van der Waals surface area contributed by atoms with Crippen molar-refractivity contribution in [1.82, 2.24) is 14.8 Å². The predicted molar refractivity (Wildman–Crippen MR) is 110 cm³/mol. The summed E-state index contributed by atoms with van der Waals surface area (Å²) >= 11 is 0. The third kappa shape index (κ3) is 4.50. The van der Waals surface area contributed by atoms with Crippen molar-refractivity contribution in [2.45, 2.75) is 31.8 Å². The molecule has 2 fully saturated rings. The normalized spacial score (nSPS) is 19.0. The highest BCUT2D eigenvalue weighted by atomic mass is 16.5. The van der Waals surface area contributed by atoms with Crippen LogP contribution in [0.15, 0.2) is 48.8 Å². The molecule has 2 aliphatic heterocycles. The zero-order valence-electron chi connectivity index (χ0n) is 16.6. The van der Waals surface area contributed by atoms with Gasteiger partial charge in [-0.1, -0.05) is 13.0 Å². The van der Waals surface area contributed by atoms with Crippen molar-refractivity contribution < 1.29 is 14.3 Å². The molecule has 0 saturated carbocycles. The van der Waals surface area contributed by atoms with Crippen LogP contribution in [0.1, 0.15) is 31.2 Å². The van der Waals surface area contributed by atoms with Crippen LogP contribution >= 0.6 is 0 Å². The maximum atomic E-state index is 12.4. The van der Waals surface area contributed by atoms with Gasteiger partial charge in [-0.05, 0) is 35.9 Å². The van der Waals surface area contributed by atoms with Gasteiger partial charge in [0.05, 0.1) is 6.54 Å². The molecule has 3 heterocycles. The Balaban J connectivity index is 1.24. The highest BCUT2D eigenvalue weighted by Gasteiger charge is 2.32. The molecule has 1 aromatic carbocycles. The number of hydrogen-bond acceptors (Lipinski definition) is 4. The van der Waals surface area contributed by atoms with Gasteiger partial charge in [-0.15, -0.1) is 0 Å². The fourth-order valence-electron chi connectivity index (χ4n) is 3.76.